The lowest BCUT2D eigenvalue weighted by Gasteiger charge is -1.97. The van der Waals surface area contributed by atoms with Crippen LogP contribution in [-0.2, 0) is 4.79 Å². The lowest BCUT2D eigenvalue weighted by Crippen LogP contribution is -2.02. The van der Waals surface area contributed by atoms with E-state index in [1.54, 1.807) is 0 Å². The van der Waals surface area contributed by atoms with Gasteiger partial charge in [0.1, 0.15) is 5.78 Å². The molecule has 0 atom stereocenters. The van der Waals surface area contributed by atoms with Crippen molar-refractivity contribution < 1.29 is 4.79 Å². The van der Waals surface area contributed by atoms with E-state index >= 15 is 0 Å². The Balaban J connectivity index is 2.45. The molecule has 0 spiro atoms. The van der Waals surface area contributed by atoms with Gasteiger partial charge in [0.25, 0.3) is 0 Å². The molecule has 0 aliphatic heterocycles. The molecule has 1 fully saturated rings. The first-order chi connectivity index (χ1) is 4.18. The maximum atomic E-state index is 10.5. The molecule has 0 radical (unpaired) electrons. The van der Waals surface area contributed by atoms with Gasteiger partial charge >= 0.3 is 0 Å². The van der Waals surface area contributed by atoms with Crippen molar-refractivity contribution in [1.82, 2.24) is 0 Å². The molecule has 0 aromatic carbocycles. The van der Waals surface area contributed by atoms with Gasteiger partial charge in [-0.3, -0.25) is 4.79 Å². The van der Waals surface area contributed by atoms with E-state index in [2.05, 4.69) is 6.07 Å². The van der Waals surface area contributed by atoms with Crippen molar-refractivity contribution in [3.05, 3.63) is 0 Å². The zero-order valence-electron chi connectivity index (χ0n) is 5.48. The maximum absolute atomic E-state index is 10.5. The maximum Gasteiger partial charge on any atom is 0.131 e. The molecule has 0 aromatic rings. The second-order valence-electron chi connectivity index (χ2n) is 2.77. The minimum atomic E-state index is -0.230. The highest BCUT2D eigenvalue weighted by atomic mass is 16.1. The number of rotatable bonds is 2. The Morgan fingerprint density at radius 2 is 2.33 bits per heavy atom. The van der Waals surface area contributed by atoms with Gasteiger partial charge in [0.2, 0.25) is 0 Å². The van der Waals surface area contributed by atoms with Gasteiger partial charge in [0.15, 0.2) is 0 Å². The number of nitriles is 1. The van der Waals surface area contributed by atoms with Crippen LogP contribution in [0.25, 0.3) is 0 Å². The molecule has 1 aliphatic carbocycles. The fourth-order valence-electron chi connectivity index (χ4n) is 0.956. The molecule has 1 aliphatic rings. The number of carbonyl (C=O) groups excluding carboxylic acids is 1. The zero-order valence-corrected chi connectivity index (χ0v) is 5.48. The molecule has 0 saturated heterocycles. The van der Waals surface area contributed by atoms with E-state index in [1.165, 1.54) is 6.92 Å². The van der Waals surface area contributed by atoms with Gasteiger partial charge in [0, 0.05) is 6.42 Å². The summed E-state index contributed by atoms with van der Waals surface area (Å²) >= 11 is 0. The van der Waals surface area contributed by atoms with Crippen molar-refractivity contribution >= 4 is 5.78 Å². The largest absolute Gasteiger partial charge is 0.300 e. The summed E-state index contributed by atoms with van der Waals surface area (Å²) in [5.41, 5.74) is -0.230. The molecule has 0 heterocycles. The van der Waals surface area contributed by atoms with Crippen LogP contribution in [0.1, 0.15) is 26.2 Å². The lowest BCUT2D eigenvalue weighted by atomic mass is 10.0. The van der Waals surface area contributed by atoms with Gasteiger partial charge in [0.05, 0.1) is 11.5 Å². The average molecular weight is 123 g/mol. The lowest BCUT2D eigenvalue weighted by molar-refractivity contribution is -0.117. The number of hydrogen-bond acceptors (Lipinski definition) is 2. The Bertz CT molecular complexity index is 174. The van der Waals surface area contributed by atoms with Crippen molar-refractivity contribution in [3.8, 4) is 6.07 Å². The third-order valence-electron chi connectivity index (χ3n) is 1.68. The minimum absolute atomic E-state index is 0.133. The van der Waals surface area contributed by atoms with E-state index in [0.29, 0.717) is 6.42 Å². The van der Waals surface area contributed by atoms with Crippen LogP contribution < -0.4 is 0 Å². The summed E-state index contributed by atoms with van der Waals surface area (Å²) in [5.74, 6) is 0.133. The Kier molecular flexibility index (Phi) is 1.28. The Labute approximate surface area is 54.5 Å². The molecule has 48 valence electrons. The molecule has 0 amide bonds. The topological polar surface area (TPSA) is 40.9 Å². The summed E-state index contributed by atoms with van der Waals surface area (Å²) in [6, 6.07) is 2.16. The first-order valence-corrected chi connectivity index (χ1v) is 3.09. The van der Waals surface area contributed by atoms with E-state index in [-0.39, 0.29) is 11.2 Å². The van der Waals surface area contributed by atoms with Gasteiger partial charge < -0.3 is 0 Å². The third-order valence-corrected chi connectivity index (χ3v) is 1.68. The summed E-state index contributed by atoms with van der Waals surface area (Å²) in [7, 11) is 0. The van der Waals surface area contributed by atoms with Gasteiger partial charge in [-0.25, -0.2) is 0 Å². The van der Waals surface area contributed by atoms with Crippen molar-refractivity contribution in [2.24, 2.45) is 5.41 Å². The normalized spacial score (nSPS) is 20.4. The minimum Gasteiger partial charge on any atom is -0.300 e. The number of carbonyl (C=O) groups is 1. The number of ketones is 1. The predicted octanol–water partition coefficient (Wildman–Crippen LogP) is 1.27. The second kappa shape index (κ2) is 1.84. The van der Waals surface area contributed by atoms with Crippen LogP contribution in [0, 0.1) is 16.7 Å². The van der Waals surface area contributed by atoms with Gasteiger partial charge in [-0.1, -0.05) is 0 Å². The Hall–Kier alpha value is -0.840. The van der Waals surface area contributed by atoms with E-state index in [9.17, 15) is 4.79 Å². The molecule has 0 aromatic heterocycles. The van der Waals surface area contributed by atoms with Crippen LogP contribution in [0.3, 0.4) is 0 Å². The van der Waals surface area contributed by atoms with Crippen molar-refractivity contribution in [1.29, 1.82) is 5.26 Å². The molecule has 9 heavy (non-hydrogen) atoms. The molecule has 1 rings (SSSR count). The second-order valence-corrected chi connectivity index (χ2v) is 2.77. The molecular formula is C7H9NO. The molecule has 0 bridgehead atoms. The van der Waals surface area contributed by atoms with Crippen LogP contribution in [-0.4, -0.2) is 5.78 Å². The van der Waals surface area contributed by atoms with E-state index in [0.717, 1.165) is 12.8 Å². The number of Topliss-reactive ketones (excluding diaryl/α,β-unsaturated/α-hetero) is 1. The van der Waals surface area contributed by atoms with Crippen molar-refractivity contribution in [2.45, 2.75) is 26.2 Å². The zero-order chi connectivity index (χ0) is 6.91. The van der Waals surface area contributed by atoms with Gasteiger partial charge in [-0.2, -0.15) is 5.26 Å². The molecule has 0 unspecified atom stereocenters. The van der Waals surface area contributed by atoms with Crippen LogP contribution in [0.2, 0.25) is 0 Å². The highest BCUT2D eigenvalue weighted by Crippen LogP contribution is 2.47. The van der Waals surface area contributed by atoms with Gasteiger partial charge in [-0.05, 0) is 19.8 Å². The molecule has 2 heteroatoms. The fourth-order valence-corrected chi connectivity index (χ4v) is 0.956. The fraction of sp³-hybridized carbons (Fsp3) is 0.714. The molecular weight excluding hydrogens is 114 g/mol. The average Bonchev–Trinajstić information content (AvgIpc) is 2.48. The van der Waals surface area contributed by atoms with E-state index in [1.807, 2.05) is 0 Å². The van der Waals surface area contributed by atoms with E-state index in [4.69, 9.17) is 5.26 Å². The molecule has 0 N–H and O–H groups in total. The van der Waals surface area contributed by atoms with Gasteiger partial charge in [-0.15, -0.1) is 0 Å². The van der Waals surface area contributed by atoms with Crippen LogP contribution >= 0.6 is 0 Å². The first-order valence-electron chi connectivity index (χ1n) is 3.09. The number of nitrogens with zero attached hydrogens (tertiary/aromatic N) is 1. The number of hydrogen-bond donors (Lipinski definition) is 0. The first kappa shape index (κ1) is 6.28. The standard InChI is InChI=1S/C7H9NO/c1-6(9)4-7(5-8)2-3-7/h2-4H2,1H3. The summed E-state index contributed by atoms with van der Waals surface area (Å²) in [6.45, 7) is 1.54. The molecule has 1 saturated carbocycles. The smallest absolute Gasteiger partial charge is 0.131 e. The monoisotopic (exact) mass is 123 g/mol. The quantitative estimate of drug-likeness (QED) is 0.554. The SMILES string of the molecule is CC(=O)CC1(C#N)CC1. The van der Waals surface area contributed by atoms with Crippen LogP contribution in [0.4, 0.5) is 0 Å². The highest BCUT2D eigenvalue weighted by molar-refractivity contribution is 5.77. The van der Waals surface area contributed by atoms with Crippen LogP contribution in [0.5, 0.6) is 0 Å². The van der Waals surface area contributed by atoms with E-state index < -0.39 is 0 Å². The van der Waals surface area contributed by atoms with Crippen molar-refractivity contribution in [2.75, 3.05) is 0 Å². The highest BCUT2D eigenvalue weighted by Gasteiger charge is 2.43. The Morgan fingerprint density at radius 3 is 2.44 bits per heavy atom. The summed E-state index contributed by atoms with van der Waals surface area (Å²) in [5, 5.41) is 8.50. The summed E-state index contributed by atoms with van der Waals surface area (Å²) in [4.78, 5) is 10.5. The molecule has 2 nitrogen and oxygen atoms in total. The Morgan fingerprint density at radius 1 is 1.78 bits per heavy atom. The van der Waals surface area contributed by atoms with Crippen LogP contribution in [0.15, 0.2) is 0 Å². The third kappa shape index (κ3) is 1.29. The van der Waals surface area contributed by atoms with Crippen molar-refractivity contribution in [3.63, 3.8) is 0 Å². The predicted molar refractivity (Wildman–Crippen MR) is 32.6 cm³/mol. The summed E-state index contributed by atoms with van der Waals surface area (Å²) < 4.78 is 0. The summed E-state index contributed by atoms with van der Waals surface area (Å²) in [6.07, 6.45) is 2.30.